The number of nitrogens with two attached hydrogens (primary N) is 2. The van der Waals surface area contributed by atoms with Crippen molar-refractivity contribution in [2.45, 2.75) is 24.9 Å². The molecule has 8 nitrogen and oxygen atoms in total. The number of amides is 1. The zero-order valence-electron chi connectivity index (χ0n) is 13.5. The zero-order chi connectivity index (χ0) is 17.5. The summed E-state index contributed by atoms with van der Waals surface area (Å²) in [5, 5.41) is 2.56. The fourth-order valence-corrected chi connectivity index (χ4v) is 2.58. The highest BCUT2D eigenvalue weighted by Gasteiger charge is 2.15. The number of rotatable bonds is 7. The van der Waals surface area contributed by atoms with Gasteiger partial charge in [0.15, 0.2) is 0 Å². The van der Waals surface area contributed by atoms with Crippen molar-refractivity contribution in [1.29, 1.82) is 0 Å². The van der Waals surface area contributed by atoms with Crippen LogP contribution >= 0.6 is 11.8 Å². The van der Waals surface area contributed by atoms with Crippen LogP contribution < -0.4 is 21.5 Å². The van der Waals surface area contributed by atoms with Crippen LogP contribution in [0.15, 0.2) is 24.3 Å². The van der Waals surface area contributed by atoms with Gasteiger partial charge in [-0.3, -0.25) is 4.79 Å². The molecule has 0 spiro atoms. The maximum absolute atomic E-state index is 12.2. The Labute approximate surface area is 144 Å². The molecule has 0 saturated heterocycles. The maximum atomic E-state index is 12.2. The van der Waals surface area contributed by atoms with Crippen LogP contribution in [0, 0.1) is 0 Å². The molecule has 1 heterocycles. The van der Waals surface area contributed by atoms with E-state index in [4.69, 9.17) is 16.2 Å². The molecule has 0 fully saturated rings. The van der Waals surface area contributed by atoms with E-state index in [9.17, 15) is 4.79 Å². The topological polar surface area (TPSA) is 129 Å². The first-order chi connectivity index (χ1) is 11.5. The first-order valence-corrected chi connectivity index (χ1v) is 8.44. The molecule has 0 radical (unpaired) electrons. The Kier molecular flexibility index (Phi) is 6.19. The van der Waals surface area contributed by atoms with Crippen LogP contribution in [0.1, 0.15) is 19.7 Å². The highest BCUT2D eigenvalue weighted by molar-refractivity contribution is 7.99. The van der Waals surface area contributed by atoms with Crippen LogP contribution in [0.25, 0.3) is 0 Å². The minimum Gasteiger partial charge on any atom is -0.494 e. The van der Waals surface area contributed by atoms with Crippen molar-refractivity contribution in [1.82, 2.24) is 15.0 Å². The summed E-state index contributed by atoms with van der Waals surface area (Å²) in [6.45, 7) is 4.33. The molecule has 2 rings (SSSR count). The minimum atomic E-state index is -0.296. The average Bonchev–Trinajstić information content (AvgIpc) is 2.54. The van der Waals surface area contributed by atoms with Gasteiger partial charge in [0, 0.05) is 5.69 Å². The van der Waals surface area contributed by atoms with E-state index in [1.807, 2.05) is 26.0 Å². The second-order valence-electron chi connectivity index (χ2n) is 4.87. The number of nitrogen functional groups attached to an aromatic ring is 2. The molecule has 1 aromatic heterocycles. The molecule has 1 amide bonds. The quantitative estimate of drug-likeness (QED) is 0.689. The lowest BCUT2D eigenvalue weighted by atomic mass is 10.3. The number of nitrogens with zero attached hydrogens (tertiary/aromatic N) is 3. The third kappa shape index (κ3) is 5.27. The van der Waals surface area contributed by atoms with Gasteiger partial charge in [0.2, 0.25) is 17.8 Å². The van der Waals surface area contributed by atoms with Crippen molar-refractivity contribution in [2.75, 3.05) is 23.4 Å². The van der Waals surface area contributed by atoms with Crippen LogP contribution in [0.4, 0.5) is 17.6 Å². The summed E-state index contributed by atoms with van der Waals surface area (Å²) in [4.78, 5) is 23.9. The molecule has 0 saturated carbocycles. The van der Waals surface area contributed by atoms with E-state index in [-0.39, 0.29) is 23.1 Å². The molecule has 1 aromatic carbocycles. The number of thioether (sulfide) groups is 1. The van der Waals surface area contributed by atoms with Crippen LogP contribution in [0.2, 0.25) is 0 Å². The van der Waals surface area contributed by atoms with Crippen molar-refractivity contribution in [3.63, 3.8) is 0 Å². The van der Waals surface area contributed by atoms with Gasteiger partial charge >= 0.3 is 0 Å². The first-order valence-electron chi connectivity index (χ1n) is 7.39. The summed E-state index contributed by atoms with van der Waals surface area (Å²) in [7, 11) is 0. The fraction of sp³-hybridized carbons (Fsp3) is 0.333. The van der Waals surface area contributed by atoms with Gasteiger partial charge in [-0.25, -0.2) is 0 Å². The number of benzene rings is 1. The predicted octanol–water partition coefficient (Wildman–Crippen LogP) is 1.70. The van der Waals surface area contributed by atoms with Gasteiger partial charge in [-0.1, -0.05) is 0 Å². The van der Waals surface area contributed by atoms with Crippen molar-refractivity contribution in [3.05, 3.63) is 30.1 Å². The molecule has 0 aliphatic heterocycles. The van der Waals surface area contributed by atoms with Crippen LogP contribution in [-0.2, 0) is 10.5 Å². The van der Waals surface area contributed by atoms with E-state index < -0.39 is 0 Å². The number of hydrogen-bond acceptors (Lipinski definition) is 8. The molecule has 128 valence electrons. The number of aromatic nitrogens is 3. The SMILES string of the molecule is CCOc1ccc(NC(=O)C(C)SCc2nc(N)nc(N)n2)cc1. The molecule has 1 atom stereocenters. The molecule has 1 unspecified atom stereocenters. The van der Waals surface area contributed by atoms with E-state index in [1.54, 1.807) is 12.1 Å². The Balaban J connectivity index is 1.87. The largest absolute Gasteiger partial charge is 0.494 e. The molecule has 24 heavy (non-hydrogen) atoms. The molecule has 0 aliphatic carbocycles. The fourth-order valence-electron chi connectivity index (χ4n) is 1.84. The monoisotopic (exact) mass is 348 g/mol. The summed E-state index contributed by atoms with van der Waals surface area (Å²) < 4.78 is 5.36. The van der Waals surface area contributed by atoms with E-state index in [0.29, 0.717) is 23.9 Å². The Bertz CT molecular complexity index is 675. The van der Waals surface area contributed by atoms with E-state index >= 15 is 0 Å². The normalized spacial score (nSPS) is 11.8. The number of hydrogen-bond donors (Lipinski definition) is 3. The van der Waals surface area contributed by atoms with Crippen LogP contribution in [-0.4, -0.2) is 32.7 Å². The predicted molar refractivity (Wildman–Crippen MR) is 95.6 cm³/mol. The van der Waals surface area contributed by atoms with E-state index in [0.717, 1.165) is 5.75 Å². The third-order valence-corrected chi connectivity index (χ3v) is 4.12. The molecular weight excluding hydrogens is 328 g/mol. The van der Waals surface area contributed by atoms with Crippen molar-refractivity contribution in [3.8, 4) is 5.75 Å². The van der Waals surface area contributed by atoms with Gasteiger partial charge < -0.3 is 21.5 Å². The molecule has 0 aliphatic rings. The van der Waals surface area contributed by atoms with Gasteiger partial charge in [0.25, 0.3) is 0 Å². The number of nitrogens with one attached hydrogen (secondary N) is 1. The molecule has 2 aromatic rings. The molecule has 9 heteroatoms. The van der Waals surface area contributed by atoms with Crippen molar-refractivity contribution < 1.29 is 9.53 Å². The standard InChI is InChI=1S/C15H20N6O2S/c1-3-23-11-6-4-10(5-7-11)18-13(22)9(2)24-8-12-19-14(16)21-15(17)20-12/h4-7,9H,3,8H2,1-2H3,(H,18,22)(H4,16,17,19,20,21). The Hall–Kier alpha value is -2.55. The minimum absolute atomic E-state index is 0.0737. The summed E-state index contributed by atoms with van der Waals surface area (Å²) in [6, 6.07) is 7.22. The molecule has 0 bridgehead atoms. The second-order valence-corrected chi connectivity index (χ2v) is 6.20. The highest BCUT2D eigenvalue weighted by atomic mass is 32.2. The number of ether oxygens (including phenoxy) is 1. The van der Waals surface area contributed by atoms with Crippen LogP contribution in [0.3, 0.4) is 0 Å². The van der Waals surface area contributed by atoms with Gasteiger partial charge in [0.1, 0.15) is 11.6 Å². The summed E-state index contributed by atoms with van der Waals surface area (Å²) >= 11 is 1.38. The summed E-state index contributed by atoms with van der Waals surface area (Å²) in [5.41, 5.74) is 11.8. The van der Waals surface area contributed by atoms with Crippen LogP contribution in [0.5, 0.6) is 5.75 Å². The number of anilines is 3. The molecular formula is C15H20N6O2S. The maximum Gasteiger partial charge on any atom is 0.237 e. The van der Waals surface area contributed by atoms with Gasteiger partial charge in [0.05, 0.1) is 17.6 Å². The summed E-state index contributed by atoms with van der Waals surface area (Å²) in [6.07, 6.45) is 0. The second kappa shape index (κ2) is 8.34. The first kappa shape index (κ1) is 17.8. The lowest BCUT2D eigenvalue weighted by molar-refractivity contribution is -0.115. The smallest absolute Gasteiger partial charge is 0.237 e. The van der Waals surface area contributed by atoms with Gasteiger partial charge in [-0.05, 0) is 38.1 Å². The Morgan fingerprint density at radius 3 is 2.42 bits per heavy atom. The number of carbonyl (C=O) groups excluding carboxylic acids is 1. The Morgan fingerprint density at radius 1 is 1.21 bits per heavy atom. The number of carbonyl (C=O) groups is 1. The third-order valence-electron chi connectivity index (χ3n) is 2.98. The molecule has 5 N–H and O–H groups in total. The highest BCUT2D eigenvalue weighted by Crippen LogP contribution is 2.20. The van der Waals surface area contributed by atoms with E-state index in [1.165, 1.54) is 11.8 Å². The lowest BCUT2D eigenvalue weighted by Crippen LogP contribution is -2.22. The average molecular weight is 348 g/mol. The lowest BCUT2D eigenvalue weighted by Gasteiger charge is -2.12. The van der Waals surface area contributed by atoms with E-state index in [2.05, 4.69) is 20.3 Å². The van der Waals surface area contributed by atoms with Crippen molar-refractivity contribution in [2.24, 2.45) is 0 Å². The van der Waals surface area contributed by atoms with Crippen molar-refractivity contribution >= 4 is 35.3 Å². The van der Waals surface area contributed by atoms with Gasteiger partial charge in [-0.15, -0.1) is 11.8 Å². The van der Waals surface area contributed by atoms with Gasteiger partial charge in [-0.2, -0.15) is 15.0 Å². The Morgan fingerprint density at radius 2 is 1.83 bits per heavy atom. The zero-order valence-corrected chi connectivity index (χ0v) is 14.3. The summed E-state index contributed by atoms with van der Waals surface area (Å²) in [5.74, 6) is 1.66.